The van der Waals surface area contributed by atoms with Crippen molar-refractivity contribution >= 4 is 40.6 Å². The minimum atomic E-state index is -0.0583. The third kappa shape index (κ3) is 4.72. The van der Waals surface area contributed by atoms with Crippen molar-refractivity contribution in [2.75, 3.05) is 5.75 Å². The van der Waals surface area contributed by atoms with Crippen LogP contribution in [-0.4, -0.2) is 31.4 Å². The standard InChI is InChI=1S/C21H18ClN5OS2/c1-14(18-3-2-12-29-18)24-19(28)13-30-21-26-25-20(15-8-10-23-11-9-15)27(21)17-6-4-16(22)5-7-17/h2-12,14H,13H2,1H3,(H,24,28)/t14-/m1/s1. The lowest BCUT2D eigenvalue weighted by Gasteiger charge is -2.13. The molecule has 1 amide bonds. The molecule has 0 saturated carbocycles. The summed E-state index contributed by atoms with van der Waals surface area (Å²) < 4.78 is 1.92. The zero-order chi connectivity index (χ0) is 20.9. The summed E-state index contributed by atoms with van der Waals surface area (Å²) in [5, 5.41) is 15.0. The predicted molar refractivity (Wildman–Crippen MR) is 121 cm³/mol. The van der Waals surface area contributed by atoms with Gasteiger partial charge in [-0.15, -0.1) is 21.5 Å². The topological polar surface area (TPSA) is 72.7 Å². The van der Waals surface area contributed by atoms with Crippen LogP contribution in [0.15, 0.2) is 71.5 Å². The average Bonchev–Trinajstić information content (AvgIpc) is 3.44. The maximum atomic E-state index is 12.5. The molecule has 0 aliphatic heterocycles. The second-order valence-corrected chi connectivity index (χ2v) is 8.81. The lowest BCUT2D eigenvalue weighted by Crippen LogP contribution is -2.27. The summed E-state index contributed by atoms with van der Waals surface area (Å²) in [7, 11) is 0. The second-order valence-electron chi connectivity index (χ2n) is 6.45. The van der Waals surface area contributed by atoms with E-state index in [-0.39, 0.29) is 17.7 Å². The zero-order valence-electron chi connectivity index (χ0n) is 16.0. The Hall–Kier alpha value is -2.68. The number of rotatable bonds is 7. The number of aromatic nitrogens is 4. The van der Waals surface area contributed by atoms with Gasteiger partial charge in [-0.3, -0.25) is 14.3 Å². The average molecular weight is 456 g/mol. The van der Waals surface area contributed by atoms with Crippen LogP contribution in [0.2, 0.25) is 5.02 Å². The van der Waals surface area contributed by atoms with Crippen LogP contribution >= 0.6 is 34.7 Å². The first-order valence-corrected chi connectivity index (χ1v) is 11.4. The molecule has 0 aliphatic rings. The molecule has 0 bridgehead atoms. The Morgan fingerprint density at radius 1 is 1.17 bits per heavy atom. The maximum absolute atomic E-state index is 12.5. The van der Waals surface area contributed by atoms with Crippen molar-refractivity contribution in [3.8, 4) is 17.1 Å². The number of carbonyl (C=O) groups excluding carboxylic acids is 1. The van der Waals surface area contributed by atoms with E-state index in [9.17, 15) is 4.79 Å². The van der Waals surface area contributed by atoms with Crippen LogP contribution in [-0.2, 0) is 4.79 Å². The highest BCUT2D eigenvalue weighted by atomic mass is 35.5. The number of carbonyl (C=O) groups is 1. The summed E-state index contributed by atoms with van der Waals surface area (Å²) in [5.74, 6) is 0.851. The third-order valence-corrected chi connectivity index (χ3v) is 6.57. The van der Waals surface area contributed by atoms with E-state index in [0.29, 0.717) is 16.0 Å². The Kier molecular flexibility index (Phi) is 6.47. The molecule has 1 aromatic carbocycles. The molecule has 0 aliphatic carbocycles. The molecule has 0 saturated heterocycles. The van der Waals surface area contributed by atoms with Crippen molar-refractivity contribution in [2.24, 2.45) is 0 Å². The quantitative estimate of drug-likeness (QED) is 0.396. The highest BCUT2D eigenvalue weighted by Gasteiger charge is 2.18. The van der Waals surface area contributed by atoms with Crippen LogP contribution < -0.4 is 5.32 Å². The number of pyridine rings is 1. The second kappa shape index (κ2) is 9.42. The van der Waals surface area contributed by atoms with Crippen LogP contribution in [0.4, 0.5) is 0 Å². The lowest BCUT2D eigenvalue weighted by molar-refractivity contribution is -0.119. The molecule has 1 atom stereocenters. The van der Waals surface area contributed by atoms with E-state index in [1.54, 1.807) is 23.7 Å². The van der Waals surface area contributed by atoms with Gasteiger partial charge in [-0.05, 0) is 54.8 Å². The van der Waals surface area contributed by atoms with Crippen LogP contribution in [0.3, 0.4) is 0 Å². The summed E-state index contributed by atoms with van der Waals surface area (Å²) in [5.41, 5.74) is 1.75. The van der Waals surface area contributed by atoms with Gasteiger partial charge < -0.3 is 5.32 Å². The summed E-state index contributed by atoms with van der Waals surface area (Å²) in [4.78, 5) is 17.7. The van der Waals surface area contributed by atoms with E-state index < -0.39 is 0 Å². The molecule has 9 heteroatoms. The smallest absolute Gasteiger partial charge is 0.230 e. The Labute approximate surface area is 187 Å². The molecule has 4 rings (SSSR count). The molecule has 152 valence electrons. The highest BCUT2D eigenvalue weighted by molar-refractivity contribution is 7.99. The SMILES string of the molecule is C[C@@H](NC(=O)CSc1nnc(-c2ccncc2)n1-c1ccc(Cl)cc1)c1cccs1. The molecule has 0 unspecified atom stereocenters. The summed E-state index contributed by atoms with van der Waals surface area (Å²) in [6.45, 7) is 1.98. The minimum Gasteiger partial charge on any atom is -0.348 e. The normalized spacial score (nSPS) is 11.9. The molecule has 30 heavy (non-hydrogen) atoms. The minimum absolute atomic E-state index is 0.0281. The summed E-state index contributed by atoms with van der Waals surface area (Å²) in [6, 6.07) is 15.2. The molecule has 4 aromatic rings. The first kappa shape index (κ1) is 20.6. The number of nitrogens with zero attached hydrogens (tertiary/aromatic N) is 4. The predicted octanol–water partition coefficient (Wildman–Crippen LogP) is 5.01. The van der Waals surface area contributed by atoms with E-state index >= 15 is 0 Å². The van der Waals surface area contributed by atoms with Gasteiger partial charge in [0.1, 0.15) is 0 Å². The van der Waals surface area contributed by atoms with E-state index in [1.165, 1.54) is 11.8 Å². The van der Waals surface area contributed by atoms with E-state index in [0.717, 1.165) is 16.1 Å². The summed E-state index contributed by atoms with van der Waals surface area (Å²) in [6.07, 6.45) is 3.42. The van der Waals surface area contributed by atoms with Crippen LogP contribution in [0.5, 0.6) is 0 Å². The number of hydrogen-bond acceptors (Lipinski definition) is 6. The van der Waals surface area contributed by atoms with Crippen molar-refractivity contribution in [1.82, 2.24) is 25.1 Å². The number of hydrogen-bond donors (Lipinski definition) is 1. The van der Waals surface area contributed by atoms with Gasteiger partial charge in [0.2, 0.25) is 5.91 Å². The molecular formula is C21H18ClN5OS2. The Balaban J connectivity index is 1.56. The summed E-state index contributed by atoms with van der Waals surface area (Å²) >= 11 is 9.02. The number of nitrogens with one attached hydrogen (secondary N) is 1. The number of thiophene rings is 1. The molecule has 1 N–H and O–H groups in total. The molecule has 6 nitrogen and oxygen atoms in total. The molecule has 3 heterocycles. The largest absolute Gasteiger partial charge is 0.348 e. The van der Waals surface area contributed by atoms with Gasteiger partial charge in [0, 0.05) is 33.5 Å². The number of halogens is 1. The molecule has 3 aromatic heterocycles. The first-order chi connectivity index (χ1) is 14.6. The fraction of sp³-hybridized carbons (Fsp3) is 0.143. The van der Waals surface area contributed by atoms with Crippen molar-refractivity contribution in [3.63, 3.8) is 0 Å². The third-order valence-electron chi connectivity index (χ3n) is 4.34. The van der Waals surface area contributed by atoms with Crippen LogP contribution in [0, 0.1) is 0 Å². The monoisotopic (exact) mass is 455 g/mol. The fourth-order valence-electron chi connectivity index (χ4n) is 2.90. The maximum Gasteiger partial charge on any atom is 0.230 e. The Morgan fingerprint density at radius 2 is 1.93 bits per heavy atom. The van der Waals surface area contributed by atoms with Crippen molar-refractivity contribution in [3.05, 3.63) is 76.2 Å². The van der Waals surface area contributed by atoms with Gasteiger partial charge >= 0.3 is 0 Å². The van der Waals surface area contributed by atoms with Crippen molar-refractivity contribution < 1.29 is 4.79 Å². The first-order valence-electron chi connectivity index (χ1n) is 9.19. The van der Waals surface area contributed by atoms with Crippen LogP contribution in [0.25, 0.3) is 17.1 Å². The lowest BCUT2D eigenvalue weighted by atomic mass is 10.2. The van der Waals surface area contributed by atoms with Crippen LogP contribution in [0.1, 0.15) is 17.8 Å². The van der Waals surface area contributed by atoms with Gasteiger partial charge in [0.25, 0.3) is 0 Å². The van der Waals surface area contributed by atoms with Crippen molar-refractivity contribution in [2.45, 2.75) is 18.1 Å². The highest BCUT2D eigenvalue weighted by Crippen LogP contribution is 2.28. The fourth-order valence-corrected chi connectivity index (χ4v) is 4.52. The number of amides is 1. The number of benzene rings is 1. The Bertz CT molecular complexity index is 1110. The number of thioether (sulfide) groups is 1. The van der Waals surface area contributed by atoms with Gasteiger partial charge in [-0.25, -0.2) is 0 Å². The van der Waals surface area contributed by atoms with Gasteiger partial charge in [0.05, 0.1) is 11.8 Å². The van der Waals surface area contributed by atoms with Gasteiger partial charge in [0.15, 0.2) is 11.0 Å². The molecule has 0 spiro atoms. The van der Waals surface area contributed by atoms with E-state index in [1.807, 2.05) is 65.4 Å². The molecule has 0 radical (unpaired) electrons. The van der Waals surface area contributed by atoms with E-state index in [2.05, 4.69) is 20.5 Å². The van der Waals surface area contributed by atoms with Gasteiger partial charge in [-0.1, -0.05) is 29.4 Å². The Morgan fingerprint density at radius 3 is 2.63 bits per heavy atom. The van der Waals surface area contributed by atoms with Gasteiger partial charge in [-0.2, -0.15) is 0 Å². The van der Waals surface area contributed by atoms with Crippen molar-refractivity contribution in [1.29, 1.82) is 0 Å². The molecular weight excluding hydrogens is 438 g/mol. The zero-order valence-corrected chi connectivity index (χ0v) is 18.4. The van der Waals surface area contributed by atoms with E-state index in [4.69, 9.17) is 11.6 Å². The molecule has 0 fully saturated rings.